The van der Waals surface area contributed by atoms with Gasteiger partial charge in [-0.25, -0.2) is 4.98 Å². The van der Waals surface area contributed by atoms with E-state index in [4.69, 9.17) is 11.1 Å². The lowest BCUT2D eigenvalue weighted by Crippen LogP contribution is -2.27. The molecule has 0 aliphatic rings. The van der Waals surface area contributed by atoms with Crippen molar-refractivity contribution in [1.82, 2.24) is 15.2 Å². The number of hydrogen-bond donors (Lipinski definition) is 5. The Labute approximate surface area is 191 Å². The number of anilines is 2. The van der Waals surface area contributed by atoms with E-state index in [1.54, 1.807) is 14.1 Å². The van der Waals surface area contributed by atoms with Crippen LogP contribution in [-0.2, 0) is 22.4 Å². The highest BCUT2D eigenvalue weighted by Crippen LogP contribution is 2.25. The highest BCUT2D eigenvalue weighted by Gasteiger charge is 2.18. The molecule has 2 rings (SSSR count). The summed E-state index contributed by atoms with van der Waals surface area (Å²) in [5.41, 5.74) is 7.68. The van der Waals surface area contributed by atoms with Crippen LogP contribution in [0.15, 0.2) is 24.3 Å². The van der Waals surface area contributed by atoms with Crippen LogP contribution in [0.25, 0.3) is 0 Å². The summed E-state index contributed by atoms with van der Waals surface area (Å²) in [6, 6.07) is 7.47. The standard InChI is InChI=1S/C21H29N7O3S/c1-13(29)25-21-27-16(11-8-14-6-9-15(10-7-14)26-20(22)23)18(32-21)19(31)24-12-4-5-17(30)28(2)3/h6-7,9-10H,4-5,8,11-12H2,1-3H3,(H,24,31)(H4,22,23,26)(H,25,27,29). The zero-order valence-electron chi connectivity index (χ0n) is 18.4. The van der Waals surface area contributed by atoms with Gasteiger partial charge in [-0.2, -0.15) is 0 Å². The molecular weight excluding hydrogens is 430 g/mol. The number of nitrogens with zero attached hydrogens (tertiary/aromatic N) is 2. The lowest BCUT2D eigenvalue weighted by atomic mass is 10.1. The van der Waals surface area contributed by atoms with Gasteiger partial charge in [-0.15, -0.1) is 0 Å². The van der Waals surface area contributed by atoms with Crippen molar-refractivity contribution in [3.8, 4) is 0 Å². The van der Waals surface area contributed by atoms with Crippen LogP contribution in [0.1, 0.15) is 40.7 Å². The van der Waals surface area contributed by atoms with E-state index in [1.807, 2.05) is 24.3 Å². The van der Waals surface area contributed by atoms with Crippen molar-refractivity contribution in [2.75, 3.05) is 31.3 Å². The molecule has 3 amide bonds. The van der Waals surface area contributed by atoms with Gasteiger partial charge in [-0.05, 0) is 37.0 Å². The first-order chi connectivity index (χ1) is 15.2. The first kappa shape index (κ1) is 24.8. The van der Waals surface area contributed by atoms with Crippen molar-refractivity contribution in [2.24, 2.45) is 5.73 Å². The second-order valence-electron chi connectivity index (χ2n) is 7.36. The average molecular weight is 460 g/mol. The number of aryl methyl sites for hydroxylation is 2. The molecule has 0 spiro atoms. The first-order valence-corrected chi connectivity index (χ1v) is 10.9. The summed E-state index contributed by atoms with van der Waals surface area (Å²) in [5.74, 6) is -0.650. The van der Waals surface area contributed by atoms with Crippen LogP contribution in [-0.4, -0.2) is 54.2 Å². The Bertz CT molecular complexity index is 970. The number of nitrogens with two attached hydrogens (primary N) is 1. The molecule has 0 radical (unpaired) electrons. The Hall–Kier alpha value is -3.47. The fourth-order valence-electron chi connectivity index (χ4n) is 2.82. The Kier molecular flexibility index (Phi) is 9.14. The molecular formula is C21H29N7O3S. The van der Waals surface area contributed by atoms with Crippen LogP contribution in [0.5, 0.6) is 0 Å². The number of rotatable bonds is 10. The molecule has 32 heavy (non-hydrogen) atoms. The van der Waals surface area contributed by atoms with E-state index in [0.717, 1.165) is 22.6 Å². The van der Waals surface area contributed by atoms with Crippen LogP contribution in [0.4, 0.5) is 10.8 Å². The van der Waals surface area contributed by atoms with Crippen LogP contribution < -0.4 is 21.7 Å². The van der Waals surface area contributed by atoms with Crippen LogP contribution >= 0.6 is 11.3 Å². The summed E-state index contributed by atoms with van der Waals surface area (Å²) in [6.07, 6.45) is 2.04. The molecule has 172 valence electrons. The monoisotopic (exact) mass is 459 g/mol. The zero-order valence-corrected chi connectivity index (χ0v) is 19.3. The highest BCUT2D eigenvalue weighted by molar-refractivity contribution is 7.17. The third kappa shape index (κ3) is 7.99. The second kappa shape index (κ2) is 11.8. The van der Waals surface area contributed by atoms with Gasteiger partial charge >= 0.3 is 0 Å². The summed E-state index contributed by atoms with van der Waals surface area (Å²) in [5, 5.41) is 15.8. The first-order valence-electron chi connectivity index (χ1n) is 10.1. The maximum absolute atomic E-state index is 12.7. The van der Waals surface area contributed by atoms with E-state index < -0.39 is 0 Å². The number of aromatic nitrogens is 1. The highest BCUT2D eigenvalue weighted by atomic mass is 32.1. The zero-order chi connectivity index (χ0) is 23.7. The summed E-state index contributed by atoms with van der Waals surface area (Å²) >= 11 is 1.13. The van der Waals surface area contributed by atoms with Crippen molar-refractivity contribution < 1.29 is 14.4 Å². The van der Waals surface area contributed by atoms with E-state index >= 15 is 0 Å². The van der Waals surface area contributed by atoms with Gasteiger partial charge in [0.25, 0.3) is 5.91 Å². The van der Waals surface area contributed by atoms with E-state index in [0.29, 0.717) is 47.9 Å². The van der Waals surface area contributed by atoms with Crippen molar-refractivity contribution in [2.45, 2.75) is 32.6 Å². The summed E-state index contributed by atoms with van der Waals surface area (Å²) in [6.45, 7) is 1.76. The number of hydrogen-bond acceptors (Lipinski definition) is 6. The van der Waals surface area contributed by atoms with Crippen molar-refractivity contribution >= 4 is 45.8 Å². The van der Waals surface area contributed by atoms with Gasteiger partial charge in [0.2, 0.25) is 11.8 Å². The SMILES string of the molecule is CC(=O)Nc1nc(CCc2ccc(NC(=N)N)cc2)c(C(=O)NCCCC(=O)N(C)C)s1. The van der Waals surface area contributed by atoms with Crippen LogP contribution in [0.3, 0.4) is 0 Å². The molecule has 0 saturated carbocycles. The number of carbonyl (C=O) groups excluding carboxylic acids is 3. The number of amides is 3. The van der Waals surface area contributed by atoms with E-state index in [9.17, 15) is 14.4 Å². The van der Waals surface area contributed by atoms with Crippen molar-refractivity contribution in [3.05, 3.63) is 40.4 Å². The number of thiazole rings is 1. The lowest BCUT2D eigenvalue weighted by Gasteiger charge is -2.10. The fraction of sp³-hybridized carbons (Fsp3) is 0.381. The molecule has 2 aromatic rings. The molecule has 1 aromatic carbocycles. The molecule has 0 aliphatic carbocycles. The van der Waals surface area contributed by atoms with Crippen LogP contribution in [0.2, 0.25) is 0 Å². The second-order valence-corrected chi connectivity index (χ2v) is 8.36. The average Bonchev–Trinajstić information content (AvgIpc) is 3.11. The fourth-order valence-corrected chi connectivity index (χ4v) is 3.80. The number of benzene rings is 1. The Morgan fingerprint density at radius 2 is 1.81 bits per heavy atom. The quantitative estimate of drug-likeness (QED) is 0.207. The van der Waals surface area contributed by atoms with E-state index in [-0.39, 0.29) is 23.7 Å². The summed E-state index contributed by atoms with van der Waals surface area (Å²) in [4.78, 5) is 42.2. The smallest absolute Gasteiger partial charge is 0.263 e. The Morgan fingerprint density at radius 1 is 1.12 bits per heavy atom. The maximum atomic E-state index is 12.7. The molecule has 0 atom stereocenters. The molecule has 0 bridgehead atoms. The number of guanidine groups is 1. The molecule has 0 aliphatic heterocycles. The normalized spacial score (nSPS) is 10.3. The van der Waals surface area contributed by atoms with Crippen LogP contribution in [0, 0.1) is 5.41 Å². The summed E-state index contributed by atoms with van der Waals surface area (Å²) in [7, 11) is 3.39. The predicted octanol–water partition coefficient (Wildman–Crippen LogP) is 1.79. The third-order valence-electron chi connectivity index (χ3n) is 4.42. The van der Waals surface area contributed by atoms with Crippen molar-refractivity contribution in [3.63, 3.8) is 0 Å². The topological polar surface area (TPSA) is 153 Å². The molecule has 1 heterocycles. The third-order valence-corrected chi connectivity index (χ3v) is 5.43. The summed E-state index contributed by atoms with van der Waals surface area (Å²) < 4.78 is 0. The van der Waals surface area contributed by atoms with Gasteiger partial charge < -0.3 is 26.6 Å². The molecule has 0 unspecified atom stereocenters. The van der Waals surface area contributed by atoms with E-state index in [2.05, 4.69) is 20.9 Å². The molecule has 0 fully saturated rings. The molecule has 0 saturated heterocycles. The molecule has 6 N–H and O–H groups in total. The van der Waals surface area contributed by atoms with Gasteiger partial charge in [-0.1, -0.05) is 23.5 Å². The largest absolute Gasteiger partial charge is 0.370 e. The Morgan fingerprint density at radius 3 is 2.41 bits per heavy atom. The maximum Gasteiger partial charge on any atom is 0.263 e. The minimum absolute atomic E-state index is 0.00944. The molecule has 1 aromatic heterocycles. The lowest BCUT2D eigenvalue weighted by molar-refractivity contribution is -0.128. The van der Waals surface area contributed by atoms with Crippen molar-refractivity contribution in [1.29, 1.82) is 5.41 Å². The Balaban J connectivity index is 2.02. The van der Waals surface area contributed by atoms with Gasteiger partial charge in [-0.3, -0.25) is 19.8 Å². The minimum atomic E-state index is -0.271. The molecule has 10 nitrogen and oxygen atoms in total. The number of nitrogens with one attached hydrogen (secondary N) is 4. The van der Waals surface area contributed by atoms with Gasteiger partial charge in [0.15, 0.2) is 11.1 Å². The molecule has 11 heteroatoms. The van der Waals surface area contributed by atoms with Gasteiger partial charge in [0, 0.05) is 39.7 Å². The van der Waals surface area contributed by atoms with Gasteiger partial charge in [0.1, 0.15) is 4.88 Å². The van der Waals surface area contributed by atoms with E-state index in [1.165, 1.54) is 11.8 Å². The predicted molar refractivity (Wildman–Crippen MR) is 126 cm³/mol. The number of carbonyl (C=O) groups is 3. The van der Waals surface area contributed by atoms with Gasteiger partial charge in [0.05, 0.1) is 5.69 Å². The minimum Gasteiger partial charge on any atom is -0.370 e.